The molecular weight excluding hydrogens is 258 g/mol. The predicted octanol–water partition coefficient (Wildman–Crippen LogP) is 2.57. The van der Waals surface area contributed by atoms with Crippen LogP contribution in [0.4, 0.5) is 5.13 Å². The standard InChI is InChI=1S/C14H25N3OS/c1-4-15-9-13-11(3)16-14(19-13)17(5-2)10-12-7-6-8-18-12/h12,15H,4-10H2,1-3H3. The first-order valence-corrected chi connectivity index (χ1v) is 8.09. The molecule has 1 unspecified atom stereocenters. The van der Waals surface area contributed by atoms with Crippen molar-refractivity contribution >= 4 is 16.5 Å². The molecule has 1 aromatic heterocycles. The van der Waals surface area contributed by atoms with Gasteiger partial charge in [-0.2, -0.15) is 0 Å². The lowest BCUT2D eigenvalue weighted by Crippen LogP contribution is -2.31. The predicted molar refractivity (Wildman–Crippen MR) is 81.1 cm³/mol. The zero-order valence-corrected chi connectivity index (χ0v) is 13.1. The molecule has 1 aliphatic rings. The van der Waals surface area contributed by atoms with E-state index in [1.54, 1.807) is 0 Å². The fourth-order valence-corrected chi connectivity index (χ4v) is 3.43. The summed E-state index contributed by atoms with van der Waals surface area (Å²) < 4.78 is 5.73. The van der Waals surface area contributed by atoms with Gasteiger partial charge in [-0.05, 0) is 33.2 Å². The Balaban J connectivity index is 2.00. The van der Waals surface area contributed by atoms with E-state index in [0.717, 1.165) is 43.6 Å². The van der Waals surface area contributed by atoms with E-state index in [4.69, 9.17) is 9.72 Å². The van der Waals surface area contributed by atoms with E-state index in [1.807, 2.05) is 11.3 Å². The Morgan fingerprint density at radius 2 is 2.32 bits per heavy atom. The average Bonchev–Trinajstić information content (AvgIpc) is 3.03. The summed E-state index contributed by atoms with van der Waals surface area (Å²) in [5.74, 6) is 0. The molecule has 1 fully saturated rings. The number of hydrogen-bond acceptors (Lipinski definition) is 5. The first-order chi connectivity index (χ1) is 9.24. The molecule has 5 heteroatoms. The lowest BCUT2D eigenvalue weighted by atomic mass is 10.2. The Kier molecular flexibility index (Phi) is 5.60. The molecule has 1 saturated heterocycles. The number of rotatable bonds is 7. The van der Waals surface area contributed by atoms with Crippen molar-refractivity contribution in [2.75, 3.05) is 31.1 Å². The molecule has 1 aromatic rings. The quantitative estimate of drug-likeness (QED) is 0.834. The second kappa shape index (κ2) is 7.22. The molecule has 19 heavy (non-hydrogen) atoms. The van der Waals surface area contributed by atoms with Gasteiger partial charge in [0.1, 0.15) is 0 Å². The van der Waals surface area contributed by atoms with Crippen LogP contribution in [0.2, 0.25) is 0 Å². The van der Waals surface area contributed by atoms with Gasteiger partial charge in [-0.25, -0.2) is 4.98 Å². The highest BCUT2D eigenvalue weighted by atomic mass is 32.1. The van der Waals surface area contributed by atoms with Crippen molar-refractivity contribution < 1.29 is 4.74 Å². The van der Waals surface area contributed by atoms with Crippen molar-refractivity contribution in [2.24, 2.45) is 0 Å². The number of anilines is 1. The van der Waals surface area contributed by atoms with E-state index >= 15 is 0 Å². The van der Waals surface area contributed by atoms with E-state index in [0.29, 0.717) is 6.10 Å². The fourth-order valence-electron chi connectivity index (χ4n) is 2.33. The Hall–Kier alpha value is -0.650. The van der Waals surface area contributed by atoms with Gasteiger partial charge in [-0.15, -0.1) is 11.3 Å². The molecule has 0 bridgehead atoms. The second-order valence-electron chi connectivity index (χ2n) is 4.96. The lowest BCUT2D eigenvalue weighted by molar-refractivity contribution is 0.115. The topological polar surface area (TPSA) is 37.4 Å². The van der Waals surface area contributed by atoms with Crippen LogP contribution < -0.4 is 10.2 Å². The van der Waals surface area contributed by atoms with Crippen LogP contribution in [0.5, 0.6) is 0 Å². The van der Waals surface area contributed by atoms with Gasteiger partial charge < -0.3 is 15.0 Å². The monoisotopic (exact) mass is 283 g/mol. The Labute approximate surface area is 120 Å². The van der Waals surface area contributed by atoms with Crippen LogP contribution >= 0.6 is 11.3 Å². The van der Waals surface area contributed by atoms with E-state index in [-0.39, 0.29) is 0 Å². The minimum atomic E-state index is 0.390. The van der Waals surface area contributed by atoms with Crippen molar-refractivity contribution in [3.8, 4) is 0 Å². The number of aromatic nitrogens is 1. The first-order valence-electron chi connectivity index (χ1n) is 7.28. The minimum Gasteiger partial charge on any atom is -0.376 e. The van der Waals surface area contributed by atoms with Crippen molar-refractivity contribution in [1.82, 2.24) is 10.3 Å². The second-order valence-corrected chi connectivity index (χ2v) is 6.02. The van der Waals surface area contributed by atoms with Crippen LogP contribution in [0.25, 0.3) is 0 Å². The molecule has 0 radical (unpaired) electrons. The molecule has 0 amide bonds. The lowest BCUT2D eigenvalue weighted by Gasteiger charge is -2.23. The van der Waals surface area contributed by atoms with Crippen LogP contribution in [0.3, 0.4) is 0 Å². The number of hydrogen-bond donors (Lipinski definition) is 1. The molecule has 1 atom stereocenters. The van der Waals surface area contributed by atoms with Gasteiger partial charge >= 0.3 is 0 Å². The van der Waals surface area contributed by atoms with Crippen LogP contribution in [0.15, 0.2) is 0 Å². The highest BCUT2D eigenvalue weighted by molar-refractivity contribution is 7.15. The summed E-state index contributed by atoms with van der Waals surface area (Å²) in [6, 6.07) is 0. The van der Waals surface area contributed by atoms with E-state index in [9.17, 15) is 0 Å². The molecule has 0 aliphatic carbocycles. The smallest absolute Gasteiger partial charge is 0.185 e. The van der Waals surface area contributed by atoms with E-state index in [2.05, 4.69) is 31.0 Å². The summed E-state index contributed by atoms with van der Waals surface area (Å²) in [6.45, 7) is 11.2. The minimum absolute atomic E-state index is 0.390. The first kappa shape index (κ1) is 14.8. The molecule has 4 nitrogen and oxygen atoms in total. The van der Waals surface area contributed by atoms with Gasteiger partial charge in [-0.1, -0.05) is 6.92 Å². The van der Waals surface area contributed by atoms with Crippen molar-refractivity contribution in [2.45, 2.75) is 46.3 Å². The number of thiazole rings is 1. The number of aryl methyl sites for hydroxylation is 1. The highest BCUT2D eigenvalue weighted by Crippen LogP contribution is 2.27. The van der Waals surface area contributed by atoms with Crippen LogP contribution in [-0.4, -0.2) is 37.3 Å². The Bertz CT molecular complexity index is 388. The van der Waals surface area contributed by atoms with Gasteiger partial charge in [0.2, 0.25) is 0 Å². The summed E-state index contributed by atoms with van der Waals surface area (Å²) in [6.07, 6.45) is 2.77. The zero-order chi connectivity index (χ0) is 13.7. The number of nitrogens with zero attached hydrogens (tertiary/aromatic N) is 2. The number of ether oxygens (including phenoxy) is 1. The molecule has 1 aliphatic heterocycles. The molecule has 0 saturated carbocycles. The summed E-state index contributed by atoms with van der Waals surface area (Å²) in [5, 5.41) is 4.52. The van der Waals surface area contributed by atoms with Crippen molar-refractivity contribution in [3.63, 3.8) is 0 Å². The fraction of sp³-hybridized carbons (Fsp3) is 0.786. The van der Waals surface area contributed by atoms with Crippen LogP contribution in [-0.2, 0) is 11.3 Å². The third kappa shape index (κ3) is 3.91. The number of nitrogens with one attached hydrogen (secondary N) is 1. The van der Waals surface area contributed by atoms with Crippen molar-refractivity contribution in [3.05, 3.63) is 10.6 Å². The van der Waals surface area contributed by atoms with Crippen LogP contribution in [0.1, 0.15) is 37.3 Å². The third-order valence-electron chi connectivity index (χ3n) is 3.52. The summed E-state index contributed by atoms with van der Waals surface area (Å²) >= 11 is 1.81. The third-order valence-corrected chi connectivity index (χ3v) is 4.74. The summed E-state index contributed by atoms with van der Waals surface area (Å²) in [5.41, 5.74) is 1.16. The van der Waals surface area contributed by atoms with Gasteiger partial charge in [0.25, 0.3) is 0 Å². The average molecular weight is 283 g/mol. The maximum Gasteiger partial charge on any atom is 0.185 e. The van der Waals surface area contributed by atoms with E-state index in [1.165, 1.54) is 17.7 Å². The molecule has 2 rings (SSSR count). The molecular formula is C14H25N3OS. The highest BCUT2D eigenvalue weighted by Gasteiger charge is 2.21. The Morgan fingerprint density at radius 3 is 2.95 bits per heavy atom. The van der Waals surface area contributed by atoms with Gasteiger partial charge in [0, 0.05) is 31.1 Å². The molecule has 2 heterocycles. The Morgan fingerprint density at radius 1 is 1.47 bits per heavy atom. The summed E-state index contributed by atoms with van der Waals surface area (Å²) in [4.78, 5) is 8.43. The number of likely N-dealkylation sites (N-methyl/N-ethyl adjacent to an activating group) is 1. The van der Waals surface area contributed by atoms with Crippen molar-refractivity contribution in [1.29, 1.82) is 0 Å². The van der Waals surface area contributed by atoms with Gasteiger partial charge in [-0.3, -0.25) is 0 Å². The maximum atomic E-state index is 5.73. The largest absolute Gasteiger partial charge is 0.376 e. The van der Waals surface area contributed by atoms with E-state index < -0.39 is 0 Å². The SMILES string of the molecule is CCNCc1sc(N(CC)CC2CCCO2)nc1C. The summed E-state index contributed by atoms with van der Waals surface area (Å²) in [7, 11) is 0. The van der Waals surface area contributed by atoms with Gasteiger partial charge in [0.05, 0.1) is 11.8 Å². The normalized spacial score (nSPS) is 19.0. The zero-order valence-electron chi connectivity index (χ0n) is 12.2. The maximum absolute atomic E-state index is 5.73. The molecule has 108 valence electrons. The molecule has 0 aromatic carbocycles. The molecule has 1 N–H and O–H groups in total. The van der Waals surface area contributed by atoms with Gasteiger partial charge in [0.15, 0.2) is 5.13 Å². The molecule has 0 spiro atoms. The van der Waals surface area contributed by atoms with Crippen LogP contribution in [0, 0.1) is 6.92 Å².